The lowest BCUT2D eigenvalue weighted by Gasteiger charge is -2.31. The van der Waals surface area contributed by atoms with E-state index in [1.807, 2.05) is 29.2 Å². The number of ether oxygens (including phenoxy) is 1. The molecule has 0 aliphatic carbocycles. The van der Waals surface area contributed by atoms with Crippen LogP contribution < -0.4 is 10.5 Å². The van der Waals surface area contributed by atoms with Gasteiger partial charge in [-0.15, -0.1) is 0 Å². The zero-order chi connectivity index (χ0) is 14.5. The van der Waals surface area contributed by atoms with Gasteiger partial charge in [0.15, 0.2) is 0 Å². The maximum atomic E-state index is 12.3. The molecule has 20 heavy (non-hydrogen) atoms. The van der Waals surface area contributed by atoms with Gasteiger partial charge in [0, 0.05) is 25.6 Å². The molecule has 1 aliphatic heterocycles. The minimum atomic E-state index is 0.202. The number of rotatable bonds is 4. The van der Waals surface area contributed by atoms with E-state index in [0.29, 0.717) is 6.42 Å². The quantitative estimate of drug-likeness (QED) is 0.916. The van der Waals surface area contributed by atoms with E-state index in [4.69, 9.17) is 10.5 Å². The first-order valence-electron chi connectivity index (χ1n) is 7.27. The monoisotopic (exact) mass is 276 g/mol. The first-order valence-corrected chi connectivity index (χ1v) is 7.27. The van der Waals surface area contributed by atoms with Crippen LogP contribution in [-0.2, 0) is 4.79 Å². The number of methoxy groups -OCH3 is 1. The van der Waals surface area contributed by atoms with Crippen LogP contribution >= 0.6 is 0 Å². The van der Waals surface area contributed by atoms with Crippen molar-refractivity contribution in [3.63, 3.8) is 0 Å². The molecule has 4 nitrogen and oxygen atoms in total. The van der Waals surface area contributed by atoms with Gasteiger partial charge in [-0.3, -0.25) is 4.79 Å². The normalized spacial score (nSPS) is 17.9. The summed E-state index contributed by atoms with van der Waals surface area (Å²) in [6.45, 7) is 3.68. The highest BCUT2D eigenvalue weighted by molar-refractivity contribution is 5.77. The zero-order valence-corrected chi connectivity index (χ0v) is 12.3. The third-order valence-electron chi connectivity index (χ3n) is 4.04. The van der Waals surface area contributed by atoms with Crippen LogP contribution in [0.3, 0.4) is 0 Å². The Morgan fingerprint density at radius 1 is 1.45 bits per heavy atom. The summed E-state index contributed by atoms with van der Waals surface area (Å²) in [6.07, 6.45) is 2.38. The van der Waals surface area contributed by atoms with Gasteiger partial charge in [-0.05, 0) is 36.5 Å². The lowest BCUT2D eigenvalue weighted by Crippen LogP contribution is -2.43. The van der Waals surface area contributed by atoms with Crippen molar-refractivity contribution in [1.82, 2.24) is 4.90 Å². The number of carbonyl (C=O) groups is 1. The summed E-state index contributed by atoms with van der Waals surface area (Å²) in [7, 11) is 1.66. The van der Waals surface area contributed by atoms with E-state index in [9.17, 15) is 4.79 Å². The second kappa shape index (κ2) is 6.75. The Morgan fingerprint density at radius 2 is 2.15 bits per heavy atom. The summed E-state index contributed by atoms with van der Waals surface area (Å²) in [4.78, 5) is 14.2. The second-order valence-corrected chi connectivity index (χ2v) is 5.60. The van der Waals surface area contributed by atoms with Crippen molar-refractivity contribution >= 4 is 5.91 Å². The molecule has 0 radical (unpaired) electrons. The fourth-order valence-electron chi connectivity index (χ4n) is 2.61. The fourth-order valence-corrected chi connectivity index (χ4v) is 2.61. The van der Waals surface area contributed by atoms with Gasteiger partial charge >= 0.3 is 0 Å². The molecule has 4 heteroatoms. The second-order valence-electron chi connectivity index (χ2n) is 5.60. The Kier molecular flexibility index (Phi) is 5.01. The molecule has 1 saturated heterocycles. The molecule has 110 valence electrons. The molecular weight excluding hydrogens is 252 g/mol. The van der Waals surface area contributed by atoms with Crippen LogP contribution in [0.4, 0.5) is 0 Å². The van der Waals surface area contributed by atoms with Crippen molar-refractivity contribution in [3.05, 3.63) is 29.8 Å². The molecule has 1 unspecified atom stereocenters. The Bertz CT molecular complexity index is 454. The van der Waals surface area contributed by atoms with Gasteiger partial charge in [-0.2, -0.15) is 0 Å². The van der Waals surface area contributed by atoms with Crippen LogP contribution in [0.15, 0.2) is 24.3 Å². The van der Waals surface area contributed by atoms with Crippen LogP contribution in [0.1, 0.15) is 37.7 Å². The smallest absolute Gasteiger partial charge is 0.223 e. The maximum Gasteiger partial charge on any atom is 0.223 e. The molecule has 0 aromatic heterocycles. The van der Waals surface area contributed by atoms with E-state index in [1.165, 1.54) is 0 Å². The molecule has 1 amide bonds. The first kappa shape index (κ1) is 14.9. The molecule has 1 aromatic rings. The minimum Gasteiger partial charge on any atom is -0.497 e. The van der Waals surface area contributed by atoms with Crippen molar-refractivity contribution in [2.45, 2.75) is 38.1 Å². The number of likely N-dealkylation sites (tertiary alicyclic amines) is 1. The van der Waals surface area contributed by atoms with E-state index in [0.717, 1.165) is 37.2 Å². The van der Waals surface area contributed by atoms with Gasteiger partial charge in [0.1, 0.15) is 5.75 Å². The highest BCUT2D eigenvalue weighted by atomic mass is 16.5. The average molecular weight is 276 g/mol. The molecular formula is C16H24N2O2. The largest absolute Gasteiger partial charge is 0.497 e. The molecule has 0 bridgehead atoms. The summed E-state index contributed by atoms with van der Waals surface area (Å²) < 4.78 is 5.23. The fraction of sp³-hybridized carbons (Fsp3) is 0.562. The molecule has 2 rings (SSSR count). The van der Waals surface area contributed by atoms with Gasteiger partial charge in [0.25, 0.3) is 0 Å². The topological polar surface area (TPSA) is 55.6 Å². The molecule has 0 saturated carbocycles. The lowest BCUT2D eigenvalue weighted by atomic mass is 9.96. The maximum absolute atomic E-state index is 12.3. The van der Waals surface area contributed by atoms with Crippen molar-refractivity contribution in [2.75, 3.05) is 20.2 Å². The number of nitrogens with zero attached hydrogens (tertiary/aromatic N) is 1. The Labute approximate surface area is 120 Å². The number of hydrogen-bond acceptors (Lipinski definition) is 3. The number of benzene rings is 1. The van der Waals surface area contributed by atoms with Gasteiger partial charge in [0.05, 0.1) is 7.11 Å². The highest BCUT2D eigenvalue weighted by Crippen LogP contribution is 2.24. The van der Waals surface area contributed by atoms with Crippen LogP contribution in [0.25, 0.3) is 0 Å². The highest BCUT2D eigenvalue weighted by Gasteiger charge is 2.22. The summed E-state index contributed by atoms with van der Waals surface area (Å²) in [5.74, 6) is 1.27. The van der Waals surface area contributed by atoms with Crippen LogP contribution in [-0.4, -0.2) is 37.0 Å². The first-order chi connectivity index (χ1) is 9.60. The Morgan fingerprint density at radius 3 is 2.80 bits per heavy atom. The molecule has 1 fully saturated rings. The zero-order valence-electron chi connectivity index (χ0n) is 12.3. The number of carbonyl (C=O) groups excluding carboxylic acids is 1. The number of nitrogens with two attached hydrogens (primary N) is 1. The molecule has 1 aromatic carbocycles. The Hall–Kier alpha value is -1.55. The summed E-state index contributed by atoms with van der Waals surface area (Å²) in [6, 6.07) is 8.20. The van der Waals surface area contributed by atoms with Gasteiger partial charge in [-0.25, -0.2) is 0 Å². The van der Waals surface area contributed by atoms with Gasteiger partial charge in [0.2, 0.25) is 5.91 Å². The number of hydrogen-bond donors (Lipinski definition) is 1. The summed E-state index contributed by atoms with van der Waals surface area (Å²) >= 11 is 0. The molecule has 1 atom stereocenters. The van der Waals surface area contributed by atoms with E-state index < -0.39 is 0 Å². The number of piperidine rings is 1. The van der Waals surface area contributed by atoms with Crippen LogP contribution in [0.2, 0.25) is 0 Å². The molecule has 1 aliphatic rings. The standard InChI is InChI=1S/C16H24N2O2/c1-12(13-4-3-5-15(11-13)20-2)10-16(19)18-8-6-14(17)7-9-18/h3-5,11-12,14H,6-10,17H2,1-2H3. The third kappa shape index (κ3) is 3.73. The van der Waals surface area contributed by atoms with Gasteiger partial charge in [-0.1, -0.05) is 19.1 Å². The predicted octanol–water partition coefficient (Wildman–Crippen LogP) is 2.14. The summed E-state index contributed by atoms with van der Waals surface area (Å²) in [5.41, 5.74) is 7.01. The molecule has 1 heterocycles. The van der Waals surface area contributed by atoms with Gasteiger partial charge < -0.3 is 15.4 Å². The minimum absolute atomic E-state index is 0.202. The SMILES string of the molecule is COc1cccc(C(C)CC(=O)N2CCC(N)CC2)c1. The average Bonchev–Trinajstić information content (AvgIpc) is 2.47. The van der Waals surface area contributed by atoms with Crippen molar-refractivity contribution in [2.24, 2.45) is 5.73 Å². The van der Waals surface area contributed by atoms with E-state index >= 15 is 0 Å². The third-order valence-corrected chi connectivity index (χ3v) is 4.04. The van der Waals surface area contributed by atoms with Crippen LogP contribution in [0, 0.1) is 0 Å². The summed E-state index contributed by atoms with van der Waals surface area (Å²) in [5, 5.41) is 0. The molecule has 2 N–H and O–H groups in total. The molecule has 0 spiro atoms. The van der Waals surface area contributed by atoms with Crippen molar-refractivity contribution < 1.29 is 9.53 Å². The van der Waals surface area contributed by atoms with E-state index in [2.05, 4.69) is 6.92 Å². The lowest BCUT2D eigenvalue weighted by molar-refractivity contribution is -0.132. The Balaban J connectivity index is 1.93. The number of amides is 1. The van der Waals surface area contributed by atoms with Crippen LogP contribution in [0.5, 0.6) is 5.75 Å². The van der Waals surface area contributed by atoms with Crippen molar-refractivity contribution in [1.29, 1.82) is 0 Å². The predicted molar refractivity (Wildman–Crippen MR) is 79.8 cm³/mol. The van der Waals surface area contributed by atoms with Crippen molar-refractivity contribution in [3.8, 4) is 5.75 Å². The van der Waals surface area contributed by atoms with E-state index in [1.54, 1.807) is 7.11 Å². The van der Waals surface area contributed by atoms with E-state index in [-0.39, 0.29) is 17.9 Å².